The van der Waals surface area contributed by atoms with E-state index in [2.05, 4.69) is 63.8 Å². The number of rotatable bonds is 6. The van der Waals surface area contributed by atoms with Crippen LogP contribution in [0.3, 0.4) is 0 Å². The fraction of sp³-hybridized carbons (Fsp3) is 0.593. The number of hydrogen-bond donors (Lipinski definition) is 2. The number of nitrogens with zero attached hydrogens (tertiary/aromatic N) is 4. The summed E-state index contributed by atoms with van der Waals surface area (Å²) in [6, 6.07) is 12.8. The second-order valence-electron chi connectivity index (χ2n) is 10.2. The molecule has 2 aromatic rings. The van der Waals surface area contributed by atoms with Crippen molar-refractivity contribution in [1.29, 1.82) is 0 Å². The van der Waals surface area contributed by atoms with Crippen LogP contribution in [0.1, 0.15) is 38.2 Å². The molecule has 0 radical (unpaired) electrons. The summed E-state index contributed by atoms with van der Waals surface area (Å²) in [6.45, 7) is 9.73. The van der Waals surface area contributed by atoms with Crippen LogP contribution in [-0.4, -0.2) is 74.2 Å². The number of ether oxygens (including phenoxy) is 2. The fourth-order valence-electron chi connectivity index (χ4n) is 5.35. The minimum absolute atomic E-state index is 0.00257. The van der Waals surface area contributed by atoms with E-state index in [0.29, 0.717) is 24.3 Å². The van der Waals surface area contributed by atoms with E-state index in [4.69, 9.17) is 31.7 Å². The molecule has 1 aromatic carbocycles. The van der Waals surface area contributed by atoms with E-state index in [1.165, 1.54) is 18.4 Å². The second kappa shape index (κ2) is 11.7. The lowest BCUT2D eigenvalue weighted by molar-refractivity contribution is 0.0515. The Morgan fingerprint density at radius 2 is 1.56 bits per heavy atom. The fourth-order valence-corrected chi connectivity index (χ4v) is 5.51. The highest BCUT2D eigenvalue weighted by molar-refractivity contribution is 7.80. The molecular formula is C27H38N6O2S. The number of morpholine rings is 1. The van der Waals surface area contributed by atoms with Gasteiger partial charge in [0, 0.05) is 57.4 Å². The molecule has 2 N–H and O–H groups in total. The summed E-state index contributed by atoms with van der Waals surface area (Å²) in [5, 5.41) is 7.33. The number of thiocarbonyl (C=S) groups is 1. The molecular weight excluding hydrogens is 472 g/mol. The molecule has 194 valence electrons. The molecule has 8 nitrogen and oxygen atoms in total. The maximum absolute atomic E-state index is 5.74. The normalized spacial score (nSPS) is 20.7. The summed E-state index contributed by atoms with van der Waals surface area (Å²) < 4.78 is 11.2. The van der Waals surface area contributed by atoms with E-state index in [0.717, 1.165) is 76.3 Å². The Morgan fingerprint density at radius 1 is 0.944 bits per heavy atom. The van der Waals surface area contributed by atoms with Crippen molar-refractivity contribution in [2.24, 2.45) is 5.92 Å². The number of aromatic nitrogens is 2. The zero-order chi connectivity index (χ0) is 24.8. The Morgan fingerprint density at radius 3 is 2.22 bits per heavy atom. The second-order valence-corrected chi connectivity index (χ2v) is 10.7. The molecule has 0 unspecified atom stereocenters. The van der Waals surface area contributed by atoms with Crippen molar-refractivity contribution >= 4 is 34.9 Å². The van der Waals surface area contributed by atoms with E-state index >= 15 is 0 Å². The van der Waals surface area contributed by atoms with Gasteiger partial charge in [0.05, 0.1) is 13.2 Å². The average Bonchev–Trinajstić information content (AvgIpc) is 2.94. The first-order valence-corrected chi connectivity index (χ1v) is 13.7. The molecule has 5 rings (SSSR count). The SMILES string of the molecule is CC1CCN(c2cc(N3CCOCC3)nc(NC(=S)NCC3(c4ccccc4)CCOCC3)n2)CC1. The Kier molecular flexibility index (Phi) is 8.19. The first-order valence-electron chi connectivity index (χ1n) is 13.3. The maximum atomic E-state index is 5.74. The van der Waals surface area contributed by atoms with Gasteiger partial charge in [0.15, 0.2) is 5.11 Å². The van der Waals surface area contributed by atoms with E-state index in [1.807, 2.05) is 0 Å². The topological polar surface area (TPSA) is 74.8 Å². The van der Waals surface area contributed by atoms with Crippen molar-refractivity contribution in [3.05, 3.63) is 42.0 Å². The van der Waals surface area contributed by atoms with Gasteiger partial charge in [-0.1, -0.05) is 37.3 Å². The van der Waals surface area contributed by atoms with Crippen LogP contribution in [0.4, 0.5) is 17.6 Å². The molecule has 3 fully saturated rings. The van der Waals surface area contributed by atoms with Gasteiger partial charge in [0.2, 0.25) is 5.95 Å². The van der Waals surface area contributed by atoms with Gasteiger partial charge in [-0.15, -0.1) is 0 Å². The predicted molar refractivity (Wildman–Crippen MR) is 148 cm³/mol. The number of hydrogen-bond acceptors (Lipinski definition) is 7. The van der Waals surface area contributed by atoms with Gasteiger partial charge >= 0.3 is 0 Å². The molecule has 0 bridgehead atoms. The van der Waals surface area contributed by atoms with Crippen LogP contribution in [0.2, 0.25) is 0 Å². The van der Waals surface area contributed by atoms with Gasteiger partial charge in [-0.3, -0.25) is 0 Å². The number of anilines is 3. The predicted octanol–water partition coefficient (Wildman–Crippen LogP) is 3.58. The van der Waals surface area contributed by atoms with Crippen molar-refractivity contribution in [1.82, 2.24) is 15.3 Å². The molecule has 0 saturated carbocycles. The third kappa shape index (κ3) is 6.07. The minimum Gasteiger partial charge on any atom is -0.381 e. The highest BCUT2D eigenvalue weighted by Crippen LogP contribution is 2.34. The lowest BCUT2D eigenvalue weighted by atomic mass is 9.74. The van der Waals surface area contributed by atoms with Crippen LogP contribution in [0.15, 0.2) is 36.4 Å². The molecule has 0 aliphatic carbocycles. The molecule has 0 atom stereocenters. The van der Waals surface area contributed by atoms with Crippen LogP contribution < -0.4 is 20.4 Å². The standard InChI is InChI=1S/C27H38N6O2S/c1-21-7-11-32(12-8-21)23-19-24(33-13-17-35-18-14-33)30-25(29-23)31-26(36)28-20-27(9-15-34-16-10-27)22-5-3-2-4-6-22/h2-6,19,21H,7-18,20H2,1H3,(H2,28,29,30,31,36). The van der Waals surface area contributed by atoms with Crippen molar-refractivity contribution in [2.75, 3.05) is 74.3 Å². The monoisotopic (exact) mass is 510 g/mol. The molecule has 1 aromatic heterocycles. The quantitative estimate of drug-likeness (QED) is 0.567. The Labute approximate surface area is 219 Å². The molecule has 4 heterocycles. The molecule has 9 heteroatoms. The third-order valence-corrected chi connectivity index (χ3v) is 8.04. The largest absolute Gasteiger partial charge is 0.381 e. The van der Waals surface area contributed by atoms with Crippen molar-refractivity contribution in [3.63, 3.8) is 0 Å². The third-order valence-electron chi connectivity index (χ3n) is 7.79. The molecule has 3 aliphatic rings. The van der Waals surface area contributed by atoms with E-state index in [9.17, 15) is 0 Å². The van der Waals surface area contributed by atoms with Gasteiger partial charge < -0.3 is 29.9 Å². The van der Waals surface area contributed by atoms with Crippen LogP contribution in [-0.2, 0) is 14.9 Å². The molecule has 36 heavy (non-hydrogen) atoms. The zero-order valence-corrected chi connectivity index (χ0v) is 22.1. The van der Waals surface area contributed by atoms with Crippen LogP contribution in [0, 0.1) is 5.92 Å². The summed E-state index contributed by atoms with van der Waals surface area (Å²) >= 11 is 5.74. The molecule has 0 spiro atoms. The summed E-state index contributed by atoms with van der Waals surface area (Å²) in [7, 11) is 0. The smallest absolute Gasteiger partial charge is 0.232 e. The summed E-state index contributed by atoms with van der Waals surface area (Å²) in [5.41, 5.74) is 1.33. The van der Waals surface area contributed by atoms with Crippen molar-refractivity contribution in [2.45, 2.75) is 38.0 Å². The van der Waals surface area contributed by atoms with Gasteiger partial charge in [-0.25, -0.2) is 0 Å². The number of nitrogens with one attached hydrogen (secondary N) is 2. The van der Waals surface area contributed by atoms with E-state index in [1.54, 1.807) is 0 Å². The first-order chi connectivity index (χ1) is 17.6. The highest BCUT2D eigenvalue weighted by Gasteiger charge is 2.34. The number of piperidine rings is 1. The first kappa shape index (κ1) is 25.2. The minimum atomic E-state index is -0.00257. The Balaban J connectivity index is 1.31. The van der Waals surface area contributed by atoms with Gasteiger partial charge in [0.1, 0.15) is 11.6 Å². The zero-order valence-electron chi connectivity index (χ0n) is 21.2. The molecule has 3 aliphatic heterocycles. The molecule has 0 amide bonds. The summed E-state index contributed by atoms with van der Waals surface area (Å²) in [5.74, 6) is 3.20. The van der Waals surface area contributed by atoms with Crippen LogP contribution >= 0.6 is 12.2 Å². The average molecular weight is 511 g/mol. The van der Waals surface area contributed by atoms with Gasteiger partial charge in [-0.05, 0) is 49.4 Å². The molecule has 3 saturated heterocycles. The van der Waals surface area contributed by atoms with Crippen LogP contribution in [0.25, 0.3) is 0 Å². The Hall–Kier alpha value is -2.49. The maximum Gasteiger partial charge on any atom is 0.232 e. The lowest BCUT2D eigenvalue weighted by Gasteiger charge is -2.38. The van der Waals surface area contributed by atoms with Crippen molar-refractivity contribution < 1.29 is 9.47 Å². The number of benzene rings is 1. The van der Waals surface area contributed by atoms with Crippen molar-refractivity contribution in [3.8, 4) is 0 Å². The highest BCUT2D eigenvalue weighted by atomic mass is 32.1. The van der Waals surface area contributed by atoms with Crippen LogP contribution in [0.5, 0.6) is 0 Å². The van der Waals surface area contributed by atoms with Gasteiger partial charge in [-0.2, -0.15) is 9.97 Å². The lowest BCUT2D eigenvalue weighted by Crippen LogP contribution is -2.45. The summed E-state index contributed by atoms with van der Waals surface area (Å²) in [6.07, 6.45) is 4.30. The van der Waals surface area contributed by atoms with Gasteiger partial charge in [0.25, 0.3) is 0 Å². The van der Waals surface area contributed by atoms with E-state index in [-0.39, 0.29) is 5.41 Å². The summed E-state index contributed by atoms with van der Waals surface area (Å²) in [4.78, 5) is 14.4. The Bertz CT molecular complexity index is 1000. The van der Waals surface area contributed by atoms with E-state index < -0.39 is 0 Å².